The zero-order valence-corrected chi connectivity index (χ0v) is 18.9. The molecule has 3 aromatic rings. The molecular formula is C27H17ClFNO5. The SMILES string of the molecule is O=C1[C@@H]2[C@@H](c3ccc(Cl)cc3)OC3(C(=O)c4ccccc4C3=O)[C@@H]2C(=O)N1Cc1ccc(F)cc1. The van der Waals surface area contributed by atoms with Crippen molar-refractivity contribution in [2.75, 3.05) is 0 Å². The first kappa shape index (κ1) is 21.8. The van der Waals surface area contributed by atoms with Gasteiger partial charge < -0.3 is 4.74 Å². The quantitative estimate of drug-likeness (QED) is 0.407. The molecule has 174 valence electrons. The molecule has 3 aliphatic rings. The van der Waals surface area contributed by atoms with Crippen LogP contribution in [-0.2, 0) is 20.9 Å². The lowest BCUT2D eigenvalue weighted by Gasteiger charge is -2.27. The number of imide groups is 1. The van der Waals surface area contributed by atoms with Crippen molar-refractivity contribution in [3.8, 4) is 0 Å². The Morgan fingerprint density at radius 2 is 1.43 bits per heavy atom. The Morgan fingerprint density at radius 1 is 0.829 bits per heavy atom. The number of carbonyl (C=O) groups is 4. The standard InChI is InChI=1S/C27H17ClFNO5/c28-16-9-7-15(8-10-16)22-20-21(26(34)30(25(20)33)13-14-5-11-17(29)12-6-14)27(35-22)23(31)18-3-1-2-4-19(18)24(27)32/h1-12,20-22H,13H2/t20-,21-,22+/m0/s1. The number of fused-ring (bicyclic) bond motifs is 3. The number of amides is 2. The molecule has 2 fully saturated rings. The van der Waals surface area contributed by atoms with Crippen molar-refractivity contribution in [2.45, 2.75) is 18.2 Å². The van der Waals surface area contributed by atoms with E-state index < -0.39 is 52.7 Å². The summed E-state index contributed by atoms with van der Waals surface area (Å²) in [5.74, 6) is -5.27. The minimum Gasteiger partial charge on any atom is -0.349 e. The lowest BCUT2D eigenvalue weighted by atomic mass is 9.77. The molecule has 35 heavy (non-hydrogen) atoms. The van der Waals surface area contributed by atoms with Gasteiger partial charge in [0.15, 0.2) is 0 Å². The normalized spacial score (nSPS) is 24.4. The van der Waals surface area contributed by atoms with Crippen molar-refractivity contribution in [2.24, 2.45) is 11.8 Å². The van der Waals surface area contributed by atoms with E-state index >= 15 is 0 Å². The maximum absolute atomic E-state index is 13.7. The van der Waals surface area contributed by atoms with Crippen molar-refractivity contribution >= 4 is 35.0 Å². The second-order valence-electron chi connectivity index (χ2n) is 8.92. The second kappa shape index (κ2) is 7.66. The average Bonchev–Trinajstić information content (AvgIpc) is 3.42. The number of hydrogen-bond donors (Lipinski definition) is 0. The van der Waals surface area contributed by atoms with E-state index in [2.05, 4.69) is 0 Å². The van der Waals surface area contributed by atoms with E-state index in [0.29, 0.717) is 16.1 Å². The van der Waals surface area contributed by atoms with Crippen LogP contribution in [0.5, 0.6) is 0 Å². The third kappa shape index (κ3) is 2.98. The van der Waals surface area contributed by atoms with Crippen LogP contribution in [-0.4, -0.2) is 33.9 Å². The number of Topliss-reactive ketones (excluding diaryl/α,β-unsaturated/α-hetero) is 2. The lowest BCUT2D eigenvalue weighted by Crippen LogP contribution is -2.50. The van der Waals surface area contributed by atoms with E-state index in [0.717, 1.165) is 4.90 Å². The largest absolute Gasteiger partial charge is 0.349 e. The Kier molecular flexibility index (Phi) is 4.78. The van der Waals surface area contributed by atoms with E-state index in [9.17, 15) is 23.6 Å². The lowest BCUT2D eigenvalue weighted by molar-refractivity contribution is -0.145. The highest BCUT2D eigenvalue weighted by Gasteiger charge is 2.74. The summed E-state index contributed by atoms with van der Waals surface area (Å²) in [4.78, 5) is 55.8. The van der Waals surface area contributed by atoms with Crippen LogP contribution in [0.2, 0.25) is 5.02 Å². The highest BCUT2D eigenvalue weighted by atomic mass is 35.5. The van der Waals surface area contributed by atoms with E-state index in [1.54, 1.807) is 36.4 Å². The molecule has 6 nitrogen and oxygen atoms in total. The van der Waals surface area contributed by atoms with Gasteiger partial charge in [-0.05, 0) is 35.4 Å². The zero-order valence-electron chi connectivity index (χ0n) is 18.1. The number of ether oxygens (including phenoxy) is 1. The molecule has 1 spiro atoms. The molecule has 2 heterocycles. The molecule has 0 N–H and O–H groups in total. The number of halogens is 2. The van der Waals surface area contributed by atoms with Crippen LogP contribution >= 0.6 is 11.6 Å². The molecule has 0 radical (unpaired) electrons. The smallest absolute Gasteiger partial charge is 0.237 e. The summed E-state index contributed by atoms with van der Waals surface area (Å²) < 4.78 is 19.6. The summed E-state index contributed by atoms with van der Waals surface area (Å²) in [5.41, 5.74) is -0.709. The number of likely N-dealkylation sites (tertiary alicyclic amines) is 1. The Labute approximate surface area is 204 Å². The third-order valence-electron chi connectivity index (χ3n) is 7.06. The first-order valence-corrected chi connectivity index (χ1v) is 11.4. The second-order valence-corrected chi connectivity index (χ2v) is 9.36. The Balaban J connectivity index is 1.48. The Bertz CT molecular complexity index is 1380. The molecule has 0 saturated carbocycles. The summed E-state index contributed by atoms with van der Waals surface area (Å²) in [5, 5.41) is 0.463. The van der Waals surface area contributed by atoms with Crippen LogP contribution in [0.1, 0.15) is 37.9 Å². The van der Waals surface area contributed by atoms with Gasteiger partial charge in [-0.25, -0.2) is 4.39 Å². The van der Waals surface area contributed by atoms with Crippen molar-refractivity contribution in [1.82, 2.24) is 4.90 Å². The molecule has 3 atom stereocenters. The third-order valence-corrected chi connectivity index (χ3v) is 7.31. The maximum atomic E-state index is 13.7. The maximum Gasteiger partial charge on any atom is 0.237 e. The predicted molar refractivity (Wildman–Crippen MR) is 122 cm³/mol. The molecule has 0 aromatic heterocycles. The number of rotatable bonds is 3. The van der Waals surface area contributed by atoms with Gasteiger partial charge in [0.1, 0.15) is 5.82 Å². The van der Waals surface area contributed by atoms with Gasteiger partial charge in [-0.15, -0.1) is 0 Å². The molecule has 8 heteroatoms. The van der Waals surface area contributed by atoms with Gasteiger partial charge in [0.25, 0.3) is 0 Å². The summed E-state index contributed by atoms with van der Waals surface area (Å²) in [6.07, 6.45) is -1.01. The van der Waals surface area contributed by atoms with E-state index in [1.807, 2.05) is 0 Å². The van der Waals surface area contributed by atoms with Gasteiger partial charge in [-0.1, -0.05) is 60.1 Å². The number of benzene rings is 3. The highest BCUT2D eigenvalue weighted by molar-refractivity contribution is 6.35. The molecule has 2 aliphatic heterocycles. The number of hydrogen-bond acceptors (Lipinski definition) is 5. The zero-order chi connectivity index (χ0) is 24.5. The van der Waals surface area contributed by atoms with Gasteiger partial charge in [-0.3, -0.25) is 24.1 Å². The molecule has 6 rings (SSSR count). The van der Waals surface area contributed by atoms with Crippen LogP contribution in [0.3, 0.4) is 0 Å². The summed E-state index contributed by atoms with van der Waals surface area (Å²) >= 11 is 6.03. The van der Waals surface area contributed by atoms with Crippen molar-refractivity contribution in [1.29, 1.82) is 0 Å². The van der Waals surface area contributed by atoms with Crippen LogP contribution in [0.4, 0.5) is 4.39 Å². The van der Waals surface area contributed by atoms with Crippen molar-refractivity contribution in [3.05, 3.63) is 106 Å². The minimum atomic E-state index is -2.12. The molecule has 0 bridgehead atoms. The summed E-state index contributed by atoms with van der Waals surface area (Å²) in [6, 6.07) is 18.3. The average molecular weight is 490 g/mol. The van der Waals surface area contributed by atoms with Gasteiger partial charge in [-0.2, -0.15) is 0 Å². The molecule has 2 saturated heterocycles. The van der Waals surface area contributed by atoms with Gasteiger partial charge in [0, 0.05) is 16.1 Å². The minimum absolute atomic E-state index is 0.107. The fourth-order valence-electron chi connectivity index (χ4n) is 5.46. The first-order valence-electron chi connectivity index (χ1n) is 11.0. The molecular weight excluding hydrogens is 473 g/mol. The van der Waals surface area contributed by atoms with Crippen LogP contribution in [0.15, 0.2) is 72.8 Å². The summed E-state index contributed by atoms with van der Waals surface area (Å²) in [6.45, 7) is -0.107. The number of carbonyl (C=O) groups excluding carboxylic acids is 4. The van der Waals surface area contributed by atoms with E-state index in [-0.39, 0.29) is 17.7 Å². The first-order chi connectivity index (χ1) is 16.8. The number of nitrogens with zero attached hydrogens (tertiary/aromatic N) is 1. The predicted octanol–water partition coefficient (Wildman–Crippen LogP) is 4.17. The summed E-state index contributed by atoms with van der Waals surface area (Å²) in [7, 11) is 0. The van der Waals surface area contributed by atoms with Gasteiger partial charge in [0.2, 0.25) is 29.0 Å². The molecule has 1 aliphatic carbocycles. The van der Waals surface area contributed by atoms with Gasteiger partial charge >= 0.3 is 0 Å². The Hall–Kier alpha value is -3.68. The Morgan fingerprint density at radius 3 is 2.03 bits per heavy atom. The van der Waals surface area contributed by atoms with E-state index in [4.69, 9.17) is 16.3 Å². The number of ketones is 2. The van der Waals surface area contributed by atoms with Crippen molar-refractivity contribution in [3.63, 3.8) is 0 Å². The monoisotopic (exact) mass is 489 g/mol. The molecule has 0 unspecified atom stereocenters. The van der Waals surface area contributed by atoms with Crippen LogP contribution < -0.4 is 0 Å². The highest BCUT2D eigenvalue weighted by Crippen LogP contribution is 2.57. The molecule has 3 aromatic carbocycles. The van der Waals surface area contributed by atoms with Gasteiger partial charge in [0.05, 0.1) is 24.5 Å². The fourth-order valence-corrected chi connectivity index (χ4v) is 5.58. The van der Waals surface area contributed by atoms with Crippen LogP contribution in [0.25, 0.3) is 0 Å². The molecule has 2 amide bonds. The van der Waals surface area contributed by atoms with Crippen molar-refractivity contribution < 1.29 is 28.3 Å². The van der Waals surface area contributed by atoms with Crippen LogP contribution in [0, 0.1) is 17.7 Å². The topological polar surface area (TPSA) is 80.8 Å². The van der Waals surface area contributed by atoms with E-state index in [1.165, 1.54) is 36.4 Å². The fraction of sp³-hybridized carbons (Fsp3) is 0.185.